The second kappa shape index (κ2) is 5.72. The van der Waals surface area contributed by atoms with E-state index in [9.17, 15) is 4.79 Å². The van der Waals surface area contributed by atoms with E-state index >= 15 is 0 Å². The van der Waals surface area contributed by atoms with Crippen LogP contribution in [-0.4, -0.2) is 9.36 Å². The molecule has 1 aromatic heterocycles. The van der Waals surface area contributed by atoms with Gasteiger partial charge in [-0.05, 0) is 44.0 Å². The number of hydrogen-bond acceptors (Lipinski definition) is 2. The molecule has 1 heterocycles. The molecule has 1 aromatic carbocycles. The molecule has 1 fully saturated rings. The van der Waals surface area contributed by atoms with Crippen molar-refractivity contribution in [1.82, 2.24) is 9.36 Å². The van der Waals surface area contributed by atoms with Crippen LogP contribution < -0.4 is 11.3 Å². The molecule has 112 valence electrons. The maximum Gasteiger partial charge on any atom is 0.294 e. The van der Waals surface area contributed by atoms with Crippen molar-refractivity contribution in [2.75, 3.05) is 5.73 Å². The van der Waals surface area contributed by atoms with E-state index in [1.165, 1.54) is 12.8 Å². The summed E-state index contributed by atoms with van der Waals surface area (Å²) in [6.07, 6.45) is 4.72. The maximum atomic E-state index is 12.6. The Balaban J connectivity index is 2.18. The number of halogens is 1. The number of nitrogens with two attached hydrogens (primary N) is 1. The summed E-state index contributed by atoms with van der Waals surface area (Å²) in [5, 5.41) is 0. The van der Waals surface area contributed by atoms with Crippen molar-refractivity contribution < 1.29 is 0 Å². The van der Waals surface area contributed by atoms with Gasteiger partial charge < -0.3 is 5.73 Å². The highest BCUT2D eigenvalue weighted by atomic mass is 79.9. The topological polar surface area (TPSA) is 52.9 Å². The monoisotopic (exact) mass is 349 g/mol. The Morgan fingerprint density at radius 2 is 1.86 bits per heavy atom. The van der Waals surface area contributed by atoms with E-state index in [0.29, 0.717) is 11.6 Å². The maximum absolute atomic E-state index is 12.6. The summed E-state index contributed by atoms with van der Waals surface area (Å²) < 4.78 is 4.77. The lowest BCUT2D eigenvalue weighted by Crippen LogP contribution is -2.22. The highest BCUT2D eigenvalue weighted by Gasteiger charge is 2.27. The smallest absolute Gasteiger partial charge is 0.294 e. The summed E-state index contributed by atoms with van der Waals surface area (Å²) in [5.74, 6) is 0.425. The molecule has 1 aliphatic rings. The lowest BCUT2D eigenvalue weighted by molar-refractivity contribution is 0.518. The van der Waals surface area contributed by atoms with Crippen LogP contribution in [0.4, 0.5) is 5.69 Å². The second-order valence-corrected chi connectivity index (χ2v) is 6.51. The molecule has 5 heteroatoms. The molecular formula is C16H20BrN3O. The van der Waals surface area contributed by atoms with Gasteiger partial charge in [-0.3, -0.25) is 9.48 Å². The van der Waals surface area contributed by atoms with Crippen molar-refractivity contribution in [2.45, 2.75) is 45.1 Å². The molecule has 0 radical (unpaired) electrons. The highest BCUT2D eigenvalue weighted by molar-refractivity contribution is 9.10. The highest BCUT2D eigenvalue weighted by Crippen LogP contribution is 2.36. The molecule has 0 spiro atoms. The molecule has 1 aliphatic carbocycles. The molecule has 0 bridgehead atoms. The van der Waals surface area contributed by atoms with E-state index in [-0.39, 0.29) is 5.56 Å². The SMILES string of the molecule is CCn1c(C2CCCC2)c(N)c(=O)n1-c1ccc(Br)cc1. The molecule has 0 amide bonds. The summed E-state index contributed by atoms with van der Waals surface area (Å²) in [5.41, 5.74) is 8.38. The average molecular weight is 350 g/mol. The van der Waals surface area contributed by atoms with Gasteiger partial charge >= 0.3 is 0 Å². The van der Waals surface area contributed by atoms with Crippen molar-refractivity contribution in [2.24, 2.45) is 0 Å². The molecule has 2 aromatic rings. The van der Waals surface area contributed by atoms with E-state index in [2.05, 4.69) is 27.5 Å². The fourth-order valence-corrected chi connectivity index (χ4v) is 3.63. The number of nitrogens with zero attached hydrogens (tertiary/aromatic N) is 2. The number of rotatable bonds is 3. The molecule has 0 saturated heterocycles. The Bertz CT molecular complexity index is 694. The quantitative estimate of drug-likeness (QED) is 0.919. The van der Waals surface area contributed by atoms with Crippen LogP contribution in [0.3, 0.4) is 0 Å². The van der Waals surface area contributed by atoms with Gasteiger partial charge in [0.15, 0.2) is 0 Å². The van der Waals surface area contributed by atoms with Crippen molar-refractivity contribution in [3.8, 4) is 5.69 Å². The first kappa shape index (κ1) is 14.4. The summed E-state index contributed by atoms with van der Waals surface area (Å²) in [6.45, 7) is 2.81. The van der Waals surface area contributed by atoms with Crippen molar-refractivity contribution in [1.29, 1.82) is 0 Å². The molecule has 3 rings (SSSR count). The minimum atomic E-state index is -0.0962. The lowest BCUT2D eigenvalue weighted by Gasteiger charge is -2.16. The molecular weight excluding hydrogens is 330 g/mol. The average Bonchev–Trinajstić information content (AvgIpc) is 3.08. The van der Waals surface area contributed by atoms with Crippen molar-refractivity contribution >= 4 is 21.6 Å². The third-order valence-electron chi connectivity index (χ3n) is 4.33. The van der Waals surface area contributed by atoms with Crippen molar-refractivity contribution in [3.05, 3.63) is 44.8 Å². The van der Waals surface area contributed by atoms with Crippen LogP contribution in [-0.2, 0) is 6.54 Å². The van der Waals surface area contributed by atoms with Gasteiger partial charge in [-0.15, -0.1) is 0 Å². The van der Waals surface area contributed by atoms with Crippen LogP contribution in [0.15, 0.2) is 33.5 Å². The Morgan fingerprint density at radius 3 is 2.43 bits per heavy atom. The molecule has 0 atom stereocenters. The normalized spacial score (nSPS) is 15.7. The molecule has 21 heavy (non-hydrogen) atoms. The van der Waals surface area contributed by atoms with E-state index in [1.807, 2.05) is 24.3 Å². The first-order chi connectivity index (χ1) is 10.1. The van der Waals surface area contributed by atoms with Crippen LogP contribution in [0.5, 0.6) is 0 Å². The second-order valence-electron chi connectivity index (χ2n) is 5.59. The van der Waals surface area contributed by atoms with Gasteiger partial charge in [0.1, 0.15) is 5.69 Å². The molecule has 4 nitrogen and oxygen atoms in total. The summed E-state index contributed by atoms with van der Waals surface area (Å²) in [4.78, 5) is 12.6. The fourth-order valence-electron chi connectivity index (χ4n) is 3.36. The van der Waals surface area contributed by atoms with Gasteiger partial charge in [-0.1, -0.05) is 28.8 Å². The number of aromatic nitrogens is 2. The summed E-state index contributed by atoms with van der Waals surface area (Å²) in [6, 6.07) is 7.77. The number of nitrogen functional groups attached to an aromatic ring is 1. The van der Waals surface area contributed by atoms with Gasteiger partial charge in [0.25, 0.3) is 5.56 Å². The minimum absolute atomic E-state index is 0.0962. The molecule has 1 saturated carbocycles. The Kier molecular flexibility index (Phi) is 3.93. The molecule has 0 aliphatic heterocycles. The van der Waals surface area contributed by atoms with Crippen LogP contribution in [0.1, 0.15) is 44.2 Å². The van der Waals surface area contributed by atoms with Gasteiger partial charge in [0.2, 0.25) is 0 Å². The third-order valence-corrected chi connectivity index (χ3v) is 4.86. The summed E-state index contributed by atoms with van der Waals surface area (Å²) in [7, 11) is 0. The van der Waals surface area contributed by atoms with Crippen LogP contribution in [0.2, 0.25) is 0 Å². The Labute approximate surface area is 132 Å². The first-order valence-corrected chi connectivity index (χ1v) is 8.30. The molecule has 2 N–H and O–H groups in total. The standard InChI is InChI=1S/C16H20BrN3O/c1-2-19-15(11-5-3-4-6-11)14(18)16(21)20(19)13-9-7-12(17)8-10-13/h7-11H,2-6,18H2,1H3. The van der Waals surface area contributed by atoms with E-state index < -0.39 is 0 Å². The van der Waals surface area contributed by atoms with Gasteiger partial charge in [-0.2, -0.15) is 0 Å². The van der Waals surface area contributed by atoms with Crippen LogP contribution in [0, 0.1) is 0 Å². The van der Waals surface area contributed by atoms with Crippen LogP contribution >= 0.6 is 15.9 Å². The summed E-state index contributed by atoms with van der Waals surface area (Å²) >= 11 is 3.43. The minimum Gasteiger partial charge on any atom is -0.393 e. The lowest BCUT2D eigenvalue weighted by atomic mass is 10.0. The number of anilines is 1. The largest absolute Gasteiger partial charge is 0.393 e. The van der Waals surface area contributed by atoms with E-state index in [1.54, 1.807) is 4.68 Å². The van der Waals surface area contributed by atoms with Crippen molar-refractivity contribution in [3.63, 3.8) is 0 Å². The Morgan fingerprint density at radius 1 is 1.24 bits per heavy atom. The zero-order valence-electron chi connectivity index (χ0n) is 12.2. The predicted molar refractivity (Wildman–Crippen MR) is 89.0 cm³/mol. The number of hydrogen-bond donors (Lipinski definition) is 1. The zero-order chi connectivity index (χ0) is 15.0. The van der Waals surface area contributed by atoms with Crippen LogP contribution in [0.25, 0.3) is 5.69 Å². The first-order valence-electron chi connectivity index (χ1n) is 7.50. The van der Waals surface area contributed by atoms with Gasteiger partial charge in [0, 0.05) is 16.9 Å². The van der Waals surface area contributed by atoms with Gasteiger partial charge in [-0.25, -0.2) is 4.68 Å². The van der Waals surface area contributed by atoms with E-state index in [4.69, 9.17) is 5.73 Å². The zero-order valence-corrected chi connectivity index (χ0v) is 13.8. The number of benzene rings is 1. The predicted octanol–water partition coefficient (Wildman–Crippen LogP) is 3.66. The Hall–Kier alpha value is -1.49. The van der Waals surface area contributed by atoms with Gasteiger partial charge in [0.05, 0.1) is 11.4 Å². The molecule has 0 unspecified atom stereocenters. The fraction of sp³-hybridized carbons (Fsp3) is 0.438. The van der Waals surface area contributed by atoms with E-state index in [0.717, 1.165) is 35.2 Å². The third kappa shape index (κ3) is 2.44.